The lowest BCUT2D eigenvalue weighted by atomic mass is 9.97. The highest BCUT2D eigenvalue weighted by molar-refractivity contribution is 5.70. The molecule has 2 heterocycles. The third kappa shape index (κ3) is 4.19. The molecule has 7 nitrogen and oxygen atoms in total. The molecule has 1 amide bonds. The van der Waals surface area contributed by atoms with Crippen molar-refractivity contribution in [1.82, 2.24) is 9.88 Å². The van der Waals surface area contributed by atoms with Gasteiger partial charge in [0.1, 0.15) is 17.2 Å². The molecular formula is C21H26N4O3. The number of nitrogens with one attached hydrogen (secondary N) is 1. The molecule has 0 saturated heterocycles. The molecule has 1 aliphatic rings. The number of anilines is 1. The molecule has 0 saturated carbocycles. The molecule has 3 rings (SSSR count). The van der Waals surface area contributed by atoms with Crippen molar-refractivity contribution in [3.63, 3.8) is 0 Å². The van der Waals surface area contributed by atoms with Crippen LogP contribution < -0.4 is 15.8 Å². The zero-order valence-corrected chi connectivity index (χ0v) is 16.8. The fourth-order valence-electron chi connectivity index (χ4n) is 2.98. The molecule has 0 aliphatic carbocycles. The lowest BCUT2D eigenvalue weighted by Gasteiger charge is -2.32. The van der Waals surface area contributed by atoms with E-state index in [0.29, 0.717) is 17.3 Å². The molecule has 0 bridgehead atoms. The average Bonchev–Trinajstić information content (AvgIpc) is 2.62. The lowest BCUT2D eigenvalue weighted by Crippen LogP contribution is -2.37. The summed E-state index contributed by atoms with van der Waals surface area (Å²) in [6.45, 7) is 7.34. The normalized spacial score (nSPS) is 14.5. The first-order valence-electron chi connectivity index (χ1n) is 9.06. The van der Waals surface area contributed by atoms with E-state index in [0.717, 1.165) is 16.8 Å². The van der Waals surface area contributed by atoms with Crippen molar-refractivity contribution >= 4 is 11.8 Å². The van der Waals surface area contributed by atoms with Gasteiger partial charge in [0.15, 0.2) is 5.75 Å². The molecule has 28 heavy (non-hydrogen) atoms. The molecular weight excluding hydrogens is 356 g/mol. The minimum absolute atomic E-state index is 0.363. The van der Waals surface area contributed by atoms with Crippen molar-refractivity contribution in [1.29, 1.82) is 0 Å². The number of ether oxygens (including phenoxy) is 2. The number of nitrogens with two attached hydrogens (primary N) is 1. The van der Waals surface area contributed by atoms with Crippen molar-refractivity contribution in [2.45, 2.75) is 39.3 Å². The molecule has 0 radical (unpaired) electrons. The first-order valence-corrected chi connectivity index (χ1v) is 9.06. The number of carbonyl (C=O) groups excluding carboxylic acids is 1. The van der Waals surface area contributed by atoms with Crippen molar-refractivity contribution in [3.05, 3.63) is 65.4 Å². The van der Waals surface area contributed by atoms with Crippen LogP contribution in [0, 0.1) is 0 Å². The number of hydrogen-bond acceptors (Lipinski definition) is 6. The predicted molar refractivity (Wildman–Crippen MR) is 108 cm³/mol. The third-order valence-electron chi connectivity index (χ3n) is 4.32. The van der Waals surface area contributed by atoms with Crippen LogP contribution in [-0.4, -0.2) is 28.6 Å². The highest BCUT2D eigenvalue weighted by atomic mass is 16.6. The van der Waals surface area contributed by atoms with Crippen LogP contribution in [0.15, 0.2) is 54.3 Å². The highest BCUT2D eigenvalue weighted by Gasteiger charge is 2.29. The number of carbonyl (C=O) groups is 1. The number of aromatic nitrogens is 1. The lowest BCUT2D eigenvalue weighted by molar-refractivity contribution is 0.0248. The maximum atomic E-state index is 12.8. The number of amides is 1. The SMILES string of the molecule is CC1=C(N)Nc2cc(C(c3ccncc3)N(C)C(=O)OC(C)(C)C)ccc2O1. The van der Waals surface area contributed by atoms with E-state index in [1.165, 1.54) is 0 Å². The maximum Gasteiger partial charge on any atom is 0.410 e. The van der Waals surface area contributed by atoms with E-state index in [1.807, 2.05) is 51.1 Å². The van der Waals surface area contributed by atoms with Gasteiger partial charge >= 0.3 is 6.09 Å². The average molecular weight is 382 g/mol. The van der Waals surface area contributed by atoms with Gasteiger partial charge in [-0.2, -0.15) is 0 Å². The molecule has 1 unspecified atom stereocenters. The summed E-state index contributed by atoms with van der Waals surface area (Å²) in [5, 5.41) is 3.15. The quantitative estimate of drug-likeness (QED) is 0.834. The highest BCUT2D eigenvalue weighted by Crippen LogP contribution is 2.37. The Bertz CT molecular complexity index is 904. The molecule has 148 valence electrons. The molecule has 0 fully saturated rings. The van der Waals surface area contributed by atoms with Gasteiger partial charge in [0, 0.05) is 19.4 Å². The van der Waals surface area contributed by atoms with E-state index >= 15 is 0 Å². The Morgan fingerprint density at radius 2 is 1.89 bits per heavy atom. The second-order valence-corrected chi connectivity index (χ2v) is 7.73. The van der Waals surface area contributed by atoms with E-state index in [4.69, 9.17) is 15.2 Å². The van der Waals surface area contributed by atoms with Crippen LogP contribution in [0.4, 0.5) is 10.5 Å². The van der Waals surface area contributed by atoms with E-state index in [2.05, 4.69) is 10.3 Å². The van der Waals surface area contributed by atoms with Crippen LogP contribution in [0.5, 0.6) is 5.75 Å². The molecule has 2 aromatic rings. The largest absolute Gasteiger partial charge is 0.456 e. The number of pyridine rings is 1. The van der Waals surface area contributed by atoms with Gasteiger partial charge in [-0.1, -0.05) is 6.07 Å². The fraction of sp³-hybridized carbons (Fsp3) is 0.333. The summed E-state index contributed by atoms with van der Waals surface area (Å²) in [4.78, 5) is 18.4. The molecule has 0 spiro atoms. The zero-order chi connectivity index (χ0) is 20.5. The Morgan fingerprint density at radius 3 is 2.54 bits per heavy atom. The number of hydrogen-bond donors (Lipinski definition) is 2. The summed E-state index contributed by atoms with van der Waals surface area (Å²) in [5.41, 5.74) is 7.93. The van der Waals surface area contributed by atoms with Crippen LogP contribution in [0.1, 0.15) is 44.9 Å². The molecule has 7 heteroatoms. The van der Waals surface area contributed by atoms with Crippen molar-refractivity contribution < 1.29 is 14.3 Å². The standard InChI is InChI=1S/C21H26N4O3/c1-13-19(22)24-16-12-15(6-7-17(16)27-13)18(14-8-10-23-11-9-14)25(5)20(26)28-21(2,3)4/h6-12,18,24H,22H2,1-5H3. The minimum atomic E-state index is -0.587. The number of fused-ring (bicyclic) bond motifs is 1. The summed E-state index contributed by atoms with van der Waals surface area (Å²) in [6.07, 6.45) is 3.00. The Labute approximate surface area is 165 Å². The third-order valence-corrected chi connectivity index (χ3v) is 4.32. The van der Waals surface area contributed by atoms with Crippen LogP contribution >= 0.6 is 0 Å². The number of rotatable bonds is 3. The van der Waals surface area contributed by atoms with Gasteiger partial charge in [0.25, 0.3) is 0 Å². The van der Waals surface area contributed by atoms with Gasteiger partial charge in [-0.25, -0.2) is 4.79 Å². The van der Waals surface area contributed by atoms with Crippen molar-refractivity contribution in [3.8, 4) is 5.75 Å². The summed E-state index contributed by atoms with van der Waals surface area (Å²) < 4.78 is 11.3. The first kappa shape index (κ1) is 19.5. The Hall–Kier alpha value is -3.22. The van der Waals surface area contributed by atoms with Crippen molar-refractivity contribution in [2.75, 3.05) is 12.4 Å². The van der Waals surface area contributed by atoms with E-state index in [9.17, 15) is 4.79 Å². The molecule has 3 N–H and O–H groups in total. The Morgan fingerprint density at radius 1 is 1.21 bits per heavy atom. The topological polar surface area (TPSA) is 89.7 Å². The van der Waals surface area contributed by atoms with Gasteiger partial charge in [-0.15, -0.1) is 0 Å². The monoisotopic (exact) mass is 382 g/mol. The smallest absolute Gasteiger partial charge is 0.410 e. The second-order valence-electron chi connectivity index (χ2n) is 7.73. The minimum Gasteiger partial charge on any atom is -0.456 e. The Balaban J connectivity index is 2.00. The van der Waals surface area contributed by atoms with Crippen LogP contribution in [-0.2, 0) is 4.74 Å². The van der Waals surface area contributed by atoms with Crippen LogP contribution in [0.3, 0.4) is 0 Å². The van der Waals surface area contributed by atoms with E-state index < -0.39 is 11.7 Å². The van der Waals surface area contributed by atoms with Gasteiger partial charge < -0.3 is 25.4 Å². The first-order chi connectivity index (χ1) is 13.2. The number of nitrogens with zero attached hydrogens (tertiary/aromatic N) is 2. The van der Waals surface area contributed by atoms with E-state index in [-0.39, 0.29) is 6.04 Å². The molecule has 1 aromatic carbocycles. The summed E-state index contributed by atoms with van der Waals surface area (Å²) >= 11 is 0. The van der Waals surface area contributed by atoms with E-state index in [1.54, 1.807) is 31.3 Å². The summed E-state index contributed by atoms with van der Waals surface area (Å²) in [6, 6.07) is 9.13. The molecule has 1 atom stereocenters. The van der Waals surface area contributed by atoms with Gasteiger partial charge in [-0.3, -0.25) is 4.98 Å². The Kier molecular flexibility index (Phi) is 5.18. The summed E-state index contributed by atoms with van der Waals surface area (Å²) in [5.74, 6) is 1.77. The van der Waals surface area contributed by atoms with Crippen molar-refractivity contribution in [2.24, 2.45) is 5.73 Å². The number of benzene rings is 1. The van der Waals surface area contributed by atoms with Gasteiger partial charge in [0.2, 0.25) is 0 Å². The summed E-state index contributed by atoms with van der Waals surface area (Å²) in [7, 11) is 1.72. The fourth-order valence-corrected chi connectivity index (χ4v) is 2.98. The predicted octanol–water partition coefficient (Wildman–Crippen LogP) is 3.99. The van der Waals surface area contributed by atoms with Crippen LogP contribution in [0.25, 0.3) is 0 Å². The molecule has 1 aromatic heterocycles. The zero-order valence-electron chi connectivity index (χ0n) is 16.8. The van der Waals surface area contributed by atoms with Gasteiger partial charge in [-0.05, 0) is 63.1 Å². The van der Waals surface area contributed by atoms with Gasteiger partial charge in [0.05, 0.1) is 11.7 Å². The molecule has 1 aliphatic heterocycles. The second kappa shape index (κ2) is 7.42. The maximum absolute atomic E-state index is 12.8. The van der Waals surface area contributed by atoms with Crippen LogP contribution in [0.2, 0.25) is 0 Å². The number of allylic oxidation sites excluding steroid dienone is 1.